The Balaban J connectivity index is 1.84. The molecule has 0 fully saturated rings. The highest BCUT2D eigenvalue weighted by Crippen LogP contribution is 2.21. The molecule has 0 radical (unpaired) electrons. The molecule has 0 saturated carbocycles. The lowest BCUT2D eigenvalue weighted by atomic mass is 10.1. The first-order chi connectivity index (χ1) is 10.2. The lowest BCUT2D eigenvalue weighted by Gasteiger charge is -2.18. The molecule has 0 aromatic heterocycles. The van der Waals surface area contributed by atoms with Crippen molar-refractivity contribution in [2.75, 3.05) is 13.1 Å². The van der Waals surface area contributed by atoms with Crippen molar-refractivity contribution in [2.45, 2.75) is 38.3 Å². The first-order valence-corrected chi connectivity index (χ1v) is 7.35. The molecule has 0 heterocycles. The van der Waals surface area contributed by atoms with E-state index in [0.29, 0.717) is 6.54 Å². The van der Waals surface area contributed by atoms with Crippen molar-refractivity contribution < 1.29 is 13.5 Å². The molecule has 3 nitrogen and oxygen atoms in total. The molecule has 116 valence electrons. The van der Waals surface area contributed by atoms with Crippen molar-refractivity contribution in [1.82, 2.24) is 5.32 Å². The second-order valence-corrected chi connectivity index (χ2v) is 5.19. The third kappa shape index (κ3) is 5.10. The van der Waals surface area contributed by atoms with Crippen LogP contribution in [0.1, 0.15) is 37.3 Å². The van der Waals surface area contributed by atoms with Crippen LogP contribution in [0.15, 0.2) is 35.9 Å². The molecule has 0 spiro atoms. The Hall–Kier alpha value is -1.46. The van der Waals surface area contributed by atoms with Crippen molar-refractivity contribution in [3.63, 3.8) is 0 Å². The normalized spacial score (nSPS) is 16.1. The molecule has 2 rings (SSSR count). The maximum absolute atomic E-state index is 12.1. The summed E-state index contributed by atoms with van der Waals surface area (Å²) < 4.78 is 28.5. The van der Waals surface area contributed by atoms with Crippen molar-refractivity contribution in [1.29, 1.82) is 0 Å². The fourth-order valence-corrected chi connectivity index (χ4v) is 2.59. The van der Waals surface area contributed by atoms with E-state index in [4.69, 9.17) is 5.73 Å². The highest BCUT2D eigenvalue weighted by atomic mass is 19.3. The molecule has 1 aromatic rings. The summed E-state index contributed by atoms with van der Waals surface area (Å²) >= 11 is 0. The first kappa shape index (κ1) is 15.9. The van der Waals surface area contributed by atoms with Gasteiger partial charge >= 0.3 is 6.61 Å². The number of halogens is 2. The summed E-state index contributed by atoms with van der Waals surface area (Å²) in [5.74, 6) is 0.167. The van der Waals surface area contributed by atoms with Crippen LogP contribution in [0.4, 0.5) is 8.78 Å². The molecule has 21 heavy (non-hydrogen) atoms. The summed E-state index contributed by atoms with van der Waals surface area (Å²) in [6, 6.07) is 6.68. The lowest BCUT2D eigenvalue weighted by Crippen LogP contribution is -2.29. The van der Waals surface area contributed by atoms with E-state index in [1.165, 1.54) is 24.8 Å². The number of hydrogen-bond donors (Lipinski definition) is 2. The number of rotatable bonds is 8. The van der Waals surface area contributed by atoms with Gasteiger partial charge in [0.05, 0.1) is 0 Å². The summed E-state index contributed by atoms with van der Waals surface area (Å²) in [4.78, 5) is 0. The Kier molecular flexibility index (Phi) is 6.14. The number of nitrogens with two attached hydrogens (primary N) is 1. The van der Waals surface area contributed by atoms with Gasteiger partial charge in [-0.25, -0.2) is 0 Å². The van der Waals surface area contributed by atoms with Gasteiger partial charge in [0.2, 0.25) is 0 Å². The standard InChI is InChI=1S/C16H22F2N2O/c17-16(18)21-14-7-5-13(6-8-14)15(11-19)20-10-9-12-3-1-2-4-12/h3,5-8,15-16,20H,1-2,4,9-11,19H2. The topological polar surface area (TPSA) is 47.3 Å². The van der Waals surface area contributed by atoms with E-state index in [2.05, 4.69) is 16.1 Å². The van der Waals surface area contributed by atoms with Gasteiger partial charge < -0.3 is 15.8 Å². The smallest absolute Gasteiger partial charge is 0.387 e. The Morgan fingerprint density at radius 1 is 1.24 bits per heavy atom. The zero-order chi connectivity index (χ0) is 15.1. The van der Waals surface area contributed by atoms with Crippen LogP contribution in [0.3, 0.4) is 0 Å². The zero-order valence-corrected chi connectivity index (χ0v) is 12.0. The van der Waals surface area contributed by atoms with Gasteiger partial charge in [0, 0.05) is 12.6 Å². The molecule has 5 heteroatoms. The minimum atomic E-state index is -2.79. The summed E-state index contributed by atoms with van der Waals surface area (Å²) in [5, 5.41) is 3.42. The summed E-state index contributed by atoms with van der Waals surface area (Å²) in [6.07, 6.45) is 7.02. The number of allylic oxidation sites excluding steroid dienone is 1. The SMILES string of the molecule is NCC(NCCC1=CCCC1)c1ccc(OC(F)F)cc1. The third-order valence-corrected chi connectivity index (χ3v) is 3.72. The quantitative estimate of drug-likeness (QED) is 0.723. The molecule has 0 amide bonds. The van der Waals surface area contributed by atoms with E-state index < -0.39 is 6.61 Å². The van der Waals surface area contributed by atoms with Crippen LogP contribution in [0.5, 0.6) is 5.75 Å². The Morgan fingerprint density at radius 2 is 2.00 bits per heavy atom. The van der Waals surface area contributed by atoms with Gasteiger partial charge in [0.15, 0.2) is 0 Å². The van der Waals surface area contributed by atoms with E-state index in [-0.39, 0.29) is 11.8 Å². The molecule has 1 aromatic carbocycles. The van der Waals surface area contributed by atoms with Crippen LogP contribution in [-0.4, -0.2) is 19.7 Å². The van der Waals surface area contributed by atoms with Gasteiger partial charge in [-0.15, -0.1) is 0 Å². The largest absolute Gasteiger partial charge is 0.435 e. The average molecular weight is 296 g/mol. The van der Waals surface area contributed by atoms with Crippen LogP contribution in [-0.2, 0) is 0 Å². The van der Waals surface area contributed by atoms with E-state index >= 15 is 0 Å². The molecular formula is C16H22F2N2O. The number of nitrogens with one attached hydrogen (secondary N) is 1. The van der Waals surface area contributed by atoms with Crippen molar-refractivity contribution in [3.8, 4) is 5.75 Å². The van der Waals surface area contributed by atoms with Gasteiger partial charge in [0.1, 0.15) is 5.75 Å². The van der Waals surface area contributed by atoms with Gasteiger partial charge in [-0.1, -0.05) is 23.8 Å². The van der Waals surface area contributed by atoms with Crippen molar-refractivity contribution in [2.24, 2.45) is 5.73 Å². The van der Waals surface area contributed by atoms with Crippen LogP contribution < -0.4 is 15.8 Å². The fourth-order valence-electron chi connectivity index (χ4n) is 2.59. The molecule has 0 bridgehead atoms. The first-order valence-electron chi connectivity index (χ1n) is 7.35. The molecule has 1 atom stereocenters. The Bertz CT molecular complexity index is 460. The molecule has 1 unspecified atom stereocenters. The van der Waals surface area contributed by atoms with Crippen molar-refractivity contribution >= 4 is 0 Å². The van der Waals surface area contributed by atoms with Gasteiger partial charge in [-0.05, 0) is 49.9 Å². The predicted molar refractivity (Wildman–Crippen MR) is 79.4 cm³/mol. The second-order valence-electron chi connectivity index (χ2n) is 5.19. The van der Waals surface area contributed by atoms with Crippen LogP contribution in [0.2, 0.25) is 0 Å². The van der Waals surface area contributed by atoms with Crippen LogP contribution >= 0.6 is 0 Å². The van der Waals surface area contributed by atoms with Crippen molar-refractivity contribution in [3.05, 3.63) is 41.5 Å². The molecular weight excluding hydrogens is 274 g/mol. The van der Waals surface area contributed by atoms with Gasteiger partial charge in [-0.3, -0.25) is 0 Å². The number of benzene rings is 1. The molecule has 0 saturated heterocycles. The number of alkyl halides is 2. The minimum Gasteiger partial charge on any atom is -0.435 e. The summed E-state index contributed by atoms with van der Waals surface area (Å²) in [6.45, 7) is -1.45. The van der Waals surface area contributed by atoms with Crippen LogP contribution in [0, 0.1) is 0 Å². The molecule has 1 aliphatic carbocycles. The monoisotopic (exact) mass is 296 g/mol. The van der Waals surface area contributed by atoms with Gasteiger partial charge in [-0.2, -0.15) is 8.78 Å². The lowest BCUT2D eigenvalue weighted by molar-refractivity contribution is -0.0498. The van der Waals surface area contributed by atoms with E-state index in [9.17, 15) is 8.78 Å². The number of hydrogen-bond acceptors (Lipinski definition) is 3. The summed E-state index contributed by atoms with van der Waals surface area (Å²) in [5.41, 5.74) is 8.29. The Labute approximate surface area is 124 Å². The zero-order valence-electron chi connectivity index (χ0n) is 12.0. The molecule has 0 aliphatic heterocycles. The highest BCUT2D eigenvalue weighted by Gasteiger charge is 2.11. The maximum atomic E-state index is 12.1. The highest BCUT2D eigenvalue weighted by molar-refractivity contribution is 5.29. The van der Waals surface area contributed by atoms with E-state index in [1.807, 2.05) is 0 Å². The molecule has 3 N–H and O–H groups in total. The average Bonchev–Trinajstić information content (AvgIpc) is 2.97. The number of ether oxygens (including phenoxy) is 1. The minimum absolute atomic E-state index is 0.0348. The van der Waals surface area contributed by atoms with Crippen LogP contribution in [0.25, 0.3) is 0 Å². The maximum Gasteiger partial charge on any atom is 0.387 e. The van der Waals surface area contributed by atoms with E-state index in [0.717, 1.165) is 18.5 Å². The predicted octanol–water partition coefficient (Wildman–Crippen LogP) is 3.38. The fraction of sp³-hybridized carbons (Fsp3) is 0.500. The summed E-state index contributed by atoms with van der Waals surface area (Å²) in [7, 11) is 0. The second kappa shape index (κ2) is 8.10. The Morgan fingerprint density at radius 3 is 2.57 bits per heavy atom. The third-order valence-electron chi connectivity index (χ3n) is 3.72. The van der Waals surface area contributed by atoms with E-state index in [1.54, 1.807) is 24.3 Å². The molecule has 1 aliphatic rings. The van der Waals surface area contributed by atoms with Gasteiger partial charge in [0.25, 0.3) is 0 Å².